The molecule has 0 spiro atoms. The fraction of sp³-hybridized carbons (Fsp3) is 0.231. The van der Waals surface area contributed by atoms with Gasteiger partial charge in [0.05, 0.1) is 11.1 Å². The highest BCUT2D eigenvalue weighted by molar-refractivity contribution is 5.93. The third-order valence-electron chi connectivity index (χ3n) is 3.93. The Morgan fingerprint density at radius 3 is 1.35 bits per heavy atom. The first-order valence-corrected chi connectivity index (χ1v) is 10.6. The van der Waals surface area contributed by atoms with Gasteiger partial charge in [0.2, 0.25) is 0 Å². The summed E-state index contributed by atoms with van der Waals surface area (Å²) in [5.74, 6) is -1.61. The standard InChI is InChI=1S/C8H6O4.C6H14O2.2C6H6O/c9-7(10)5-2-1-3-6(4-5)8(11)12;1-2-3-4-5-6(7)8;2*7-6-4-2-1-3-5-6/h1-4H,(H,9,10)(H,11,12);6-8H,2-5H2,1H3;2*1-5,7H. The van der Waals surface area contributed by atoms with Crippen molar-refractivity contribution >= 4 is 11.9 Å². The summed E-state index contributed by atoms with van der Waals surface area (Å²) in [6.45, 7) is 2.09. The lowest BCUT2D eigenvalue weighted by atomic mass is 10.1. The Balaban J connectivity index is 0.000000440. The minimum Gasteiger partial charge on any atom is -0.508 e. The molecule has 3 rings (SSSR count). The molecular weight excluding hydrogens is 440 g/mol. The zero-order valence-electron chi connectivity index (χ0n) is 19.0. The van der Waals surface area contributed by atoms with Gasteiger partial charge in [0.1, 0.15) is 11.5 Å². The van der Waals surface area contributed by atoms with Crippen LogP contribution in [-0.2, 0) is 0 Å². The van der Waals surface area contributed by atoms with Crippen molar-refractivity contribution in [3.63, 3.8) is 0 Å². The number of rotatable bonds is 6. The highest BCUT2D eigenvalue weighted by Crippen LogP contribution is 2.05. The van der Waals surface area contributed by atoms with Gasteiger partial charge in [-0.15, -0.1) is 0 Å². The van der Waals surface area contributed by atoms with Crippen LogP contribution >= 0.6 is 0 Å². The molecule has 3 aromatic carbocycles. The molecule has 0 aliphatic carbocycles. The number of hydrogen-bond acceptors (Lipinski definition) is 6. The number of aromatic hydroxyl groups is 2. The average molecular weight is 473 g/mol. The number of phenols is 2. The Bertz CT molecular complexity index is 861. The molecule has 8 heteroatoms. The Morgan fingerprint density at radius 1 is 0.676 bits per heavy atom. The second-order valence-corrected chi connectivity index (χ2v) is 6.84. The van der Waals surface area contributed by atoms with Crippen molar-refractivity contribution < 1.29 is 40.2 Å². The fourth-order valence-corrected chi connectivity index (χ4v) is 2.22. The van der Waals surface area contributed by atoms with Gasteiger partial charge in [-0.2, -0.15) is 0 Å². The average Bonchev–Trinajstić information content (AvgIpc) is 2.81. The van der Waals surface area contributed by atoms with Gasteiger partial charge in [0.25, 0.3) is 0 Å². The zero-order valence-corrected chi connectivity index (χ0v) is 19.0. The molecule has 8 nitrogen and oxygen atoms in total. The summed E-state index contributed by atoms with van der Waals surface area (Å²) < 4.78 is 0. The van der Waals surface area contributed by atoms with Crippen LogP contribution in [0.1, 0.15) is 53.3 Å². The molecule has 3 aromatic rings. The van der Waals surface area contributed by atoms with E-state index in [1.54, 1.807) is 48.5 Å². The number of phenolic OH excluding ortho intramolecular Hbond substituents is 2. The summed E-state index contributed by atoms with van der Waals surface area (Å²) in [6, 6.07) is 22.6. The molecular formula is C26H32O8. The predicted molar refractivity (Wildman–Crippen MR) is 129 cm³/mol. The molecule has 0 heterocycles. The molecule has 184 valence electrons. The monoisotopic (exact) mass is 472 g/mol. The molecule has 0 unspecified atom stereocenters. The van der Waals surface area contributed by atoms with Crippen LogP contribution in [0.25, 0.3) is 0 Å². The van der Waals surface area contributed by atoms with E-state index >= 15 is 0 Å². The summed E-state index contributed by atoms with van der Waals surface area (Å²) in [4.78, 5) is 20.8. The minimum atomic E-state index is -1.13. The largest absolute Gasteiger partial charge is 0.508 e. The molecule has 0 atom stereocenters. The minimum absolute atomic E-state index is 0.0186. The van der Waals surface area contributed by atoms with E-state index in [2.05, 4.69) is 6.92 Å². The third kappa shape index (κ3) is 16.8. The van der Waals surface area contributed by atoms with E-state index in [4.69, 9.17) is 30.6 Å². The quantitative estimate of drug-likeness (QED) is 0.222. The lowest BCUT2D eigenvalue weighted by molar-refractivity contribution is -0.0465. The highest BCUT2D eigenvalue weighted by Gasteiger charge is 2.06. The Kier molecular flexibility index (Phi) is 16.5. The number of carbonyl (C=O) groups is 2. The number of benzene rings is 3. The van der Waals surface area contributed by atoms with E-state index in [1.165, 1.54) is 18.2 Å². The maximum atomic E-state index is 10.4. The van der Waals surface area contributed by atoms with Crippen LogP contribution in [0, 0.1) is 0 Å². The molecule has 34 heavy (non-hydrogen) atoms. The lowest BCUT2D eigenvalue weighted by Gasteiger charge is -1.99. The van der Waals surface area contributed by atoms with E-state index in [-0.39, 0.29) is 11.1 Å². The first kappa shape index (κ1) is 30.1. The van der Waals surface area contributed by atoms with Gasteiger partial charge in [-0.3, -0.25) is 0 Å². The molecule has 0 aromatic heterocycles. The number of aliphatic hydroxyl groups excluding tert-OH is 1. The number of aliphatic hydroxyl groups is 2. The first-order chi connectivity index (χ1) is 16.2. The molecule has 0 fully saturated rings. The Morgan fingerprint density at radius 2 is 1.09 bits per heavy atom. The van der Waals surface area contributed by atoms with Gasteiger partial charge in [0.15, 0.2) is 6.29 Å². The summed E-state index contributed by atoms with van der Waals surface area (Å²) in [6.07, 6.45) is 2.58. The van der Waals surface area contributed by atoms with Crippen LogP contribution in [0.15, 0.2) is 84.9 Å². The van der Waals surface area contributed by atoms with Gasteiger partial charge in [-0.25, -0.2) is 9.59 Å². The second-order valence-electron chi connectivity index (χ2n) is 6.84. The van der Waals surface area contributed by atoms with Gasteiger partial charge in [0, 0.05) is 0 Å². The van der Waals surface area contributed by atoms with Crippen molar-refractivity contribution in [1.82, 2.24) is 0 Å². The molecule has 0 bridgehead atoms. The van der Waals surface area contributed by atoms with Crippen LogP contribution in [0.3, 0.4) is 0 Å². The van der Waals surface area contributed by atoms with Gasteiger partial charge in [-0.05, 0) is 55.3 Å². The van der Waals surface area contributed by atoms with Gasteiger partial charge in [-0.1, -0.05) is 62.2 Å². The molecule has 6 N–H and O–H groups in total. The van der Waals surface area contributed by atoms with Crippen LogP contribution in [-0.4, -0.2) is 48.9 Å². The maximum Gasteiger partial charge on any atom is 0.335 e. The number of para-hydroxylation sites is 2. The smallest absolute Gasteiger partial charge is 0.335 e. The molecule has 0 saturated carbocycles. The van der Waals surface area contributed by atoms with Gasteiger partial charge >= 0.3 is 11.9 Å². The van der Waals surface area contributed by atoms with E-state index in [9.17, 15) is 9.59 Å². The normalized spacial score (nSPS) is 9.29. The van der Waals surface area contributed by atoms with E-state index in [1.807, 2.05) is 12.1 Å². The Hall–Kier alpha value is -3.88. The van der Waals surface area contributed by atoms with Crippen molar-refractivity contribution in [3.05, 3.63) is 96.1 Å². The molecule has 0 amide bonds. The maximum absolute atomic E-state index is 10.4. The van der Waals surface area contributed by atoms with Crippen LogP contribution < -0.4 is 0 Å². The summed E-state index contributed by atoms with van der Waals surface area (Å²) in [7, 11) is 0. The lowest BCUT2D eigenvalue weighted by Crippen LogP contribution is -2.02. The number of hydrogen-bond donors (Lipinski definition) is 6. The van der Waals surface area contributed by atoms with Crippen LogP contribution in [0.5, 0.6) is 11.5 Å². The summed E-state index contributed by atoms with van der Waals surface area (Å²) in [5, 5.41) is 50.9. The topological polar surface area (TPSA) is 156 Å². The number of aromatic carboxylic acids is 2. The van der Waals surface area contributed by atoms with Gasteiger partial charge < -0.3 is 30.6 Å². The fourth-order valence-electron chi connectivity index (χ4n) is 2.22. The van der Waals surface area contributed by atoms with Crippen molar-refractivity contribution in [2.24, 2.45) is 0 Å². The molecule has 0 saturated heterocycles. The second kappa shape index (κ2) is 18.7. The van der Waals surface area contributed by atoms with Crippen LogP contribution in [0.2, 0.25) is 0 Å². The molecule has 0 aliphatic heterocycles. The zero-order chi connectivity index (χ0) is 25.8. The Labute approximate surface area is 199 Å². The molecule has 0 radical (unpaired) electrons. The predicted octanol–water partition coefficient (Wildman–Crippen LogP) is 4.74. The van der Waals surface area contributed by atoms with Crippen molar-refractivity contribution in [1.29, 1.82) is 0 Å². The van der Waals surface area contributed by atoms with E-state index in [0.717, 1.165) is 25.3 Å². The van der Waals surface area contributed by atoms with E-state index < -0.39 is 18.2 Å². The highest BCUT2D eigenvalue weighted by atomic mass is 16.5. The summed E-state index contributed by atoms with van der Waals surface area (Å²) >= 11 is 0. The van der Waals surface area contributed by atoms with Crippen molar-refractivity contribution in [3.8, 4) is 11.5 Å². The summed E-state index contributed by atoms with van der Waals surface area (Å²) in [5.41, 5.74) is -0.0372. The number of carboxylic acid groups (broad SMARTS) is 2. The SMILES string of the molecule is CCCCCC(O)O.O=C(O)c1cccc(C(=O)O)c1.Oc1ccccc1.Oc1ccccc1. The molecule has 0 aliphatic rings. The third-order valence-corrected chi connectivity index (χ3v) is 3.93. The van der Waals surface area contributed by atoms with Crippen molar-refractivity contribution in [2.45, 2.75) is 38.9 Å². The van der Waals surface area contributed by atoms with Crippen molar-refractivity contribution in [2.75, 3.05) is 0 Å². The van der Waals surface area contributed by atoms with E-state index in [0.29, 0.717) is 17.9 Å². The number of unbranched alkanes of at least 4 members (excludes halogenated alkanes) is 2. The first-order valence-electron chi connectivity index (χ1n) is 10.6. The van der Waals surface area contributed by atoms with Crippen LogP contribution in [0.4, 0.5) is 0 Å². The number of carboxylic acids is 2.